The first kappa shape index (κ1) is 20.5. The molecular formula is C25H27NO3. The Bertz CT molecular complexity index is 946. The highest BCUT2D eigenvalue weighted by Gasteiger charge is 2.15. The van der Waals surface area contributed by atoms with Gasteiger partial charge in [0.1, 0.15) is 18.0 Å². The predicted octanol–water partition coefficient (Wildman–Crippen LogP) is 5.96. The predicted molar refractivity (Wildman–Crippen MR) is 116 cm³/mol. The summed E-state index contributed by atoms with van der Waals surface area (Å²) >= 11 is 0. The number of benzene rings is 3. The minimum Gasteiger partial charge on any atom is -0.488 e. The van der Waals surface area contributed by atoms with Gasteiger partial charge in [-0.1, -0.05) is 66.7 Å². The second-order valence-electron chi connectivity index (χ2n) is 7.83. The summed E-state index contributed by atoms with van der Waals surface area (Å²) in [5, 5.41) is 2.80. The molecule has 29 heavy (non-hydrogen) atoms. The van der Waals surface area contributed by atoms with Crippen molar-refractivity contribution in [1.29, 1.82) is 0 Å². The molecule has 0 aliphatic rings. The van der Waals surface area contributed by atoms with Crippen molar-refractivity contribution >= 4 is 6.09 Å². The van der Waals surface area contributed by atoms with Crippen LogP contribution in [-0.4, -0.2) is 11.7 Å². The summed E-state index contributed by atoms with van der Waals surface area (Å²) in [5.41, 5.74) is 3.66. The molecule has 1 amide bonds. The molecular weight excluding hydrogens is 362 g/mol. The summed E-state index contributed by atoms with van der Waals surface area (Å²) in [6.45, 7) is 6.45. The lowest BCUT2D eigenvalue weighted by atomic mass is 10.0. The van der Waals surface area contributed by atoms with Gasteiger partial charge < -0.3 is 14.8 Å². The van der Waals surface area contributed by atoms with Crippen LogP contribution in [0.15, 0.2) is 78.9 Å². The smallest absolute Gasteiger partial charge is 0.407 e. The van der Waals surface area contributed by atoms with Gasteiger partial charge in [-0.3, -0.25) is 0 Å². The van der Waals surface area contributed by atoms with E-state index in [4.69, 9.17) is 9.47 Å². The average Bonchev–Trinajstić information content (AvgIpc) is 2.71. The van der Waals surface area contributed by atoms with Gasteiger partial charge >= 0.3 is 6.09 Å². The maximum Gasteiger partial charge on any atom is 0.407 e. The Balaban J connectivity index is 1.71. The third-order valence-corrected chi connectivity index (χ3v) is 4.20. The number of alkyl carbamates (subject to hydrolysis) is 1. The summed E-state index contributed by atoms with van der Waals surface area (Å²) in [4.78, 5) is 11.9. The molecule has 0 radical (unpaired) electrons. The number of rotatable bonds is 6. The van der Waals surface area contributed by atoms with Gasteiger partial charge in [0.2, 0.25) is 0 Å². The molecule has 0 aromatic heterocycles. The average molecular weight is 389 g/mol. The van der Waals surface area contributed by atoms with E-state index >= 15 is 0 Å². The maximum atomic E-state index is 11.9. The molecule has 4 heteroatoms. The van der Waals surface area contributed by atoms with E-state index in [0.717, 1.165) is 28.0 Å². The van der Waals surface area contributed by atoms with Crippen LogP contribution in [0.2, 0.25) is 0 Å². The minimum atomic E-state index is -0.513. The standard InChI is InChI=1S/C25H27NO3/c1-25(2,3)29-24(27)26-17-20-12-9-13-21(16-20)22-14-7-8-15-23(22)28-18-19-10-5-4-6-11-19/h4-16H,17-18H2,1-3H3,(H,26,27). The van der Waals surface area contributed by atoms with Crippen molar-refractivity contribution in [3.8, 4) is 16.9 Å². The molecule has 0 heterocycles. The fourth-order valence-electron chi connectivity index (χ4n) is 2.90. The van der Waals surface area contributed by atoms with Crippen molar-refractivity contribution in [3.63, 3.8) is 0 Å². The van der Waals surface area contributed by atoms with Gasteiger partial charge in [-0.25, -0.2) is 4.79 Å². The van der Waals surface area contributed by atoms with Gasteiger partial charge in [0.05, 0.1) is 0 Å². The fourth-order valence-corrected chi connectivity index (χ4v) is 2.90. The maximum absolute atomic E-state index is 11.9. The van der Waals surface area contributed by atoms with E-state index in [9.17, 15) is 4.79 Å². The van der Waals surface area contributed by atoms with Gasteiger partial charge in [0, 0.05) is 12.1 Å². The summed E-state index contributed by atoms with van der Waals surface area (Å²) < 4.78 is 11.4. The van der Waals surface area contributed by atoms with Crippen LogP contribution in [0.3, 0.4) is 0 Å². The number of amides is 1. The SMILES string of the molecule is CC(C)(C)OC(=O)NCc1cccc(-c2ccccc2OCc2ccccc2)c1. The van der Waals surface area contributed by atoms with Crippen molar-refractivity contribution in [2.24, 2.45) is 0 Å². The van der Waals surface area contributed by atoms with Crippen LogP contribution in [0.25, 0.3) is 11.1 Å². The molecule has 3 aromatic rings. The molecule has 0 saturated carbocycles. The van der Waals surface area contributed by atoms with Crippen molar-refractivity contribution in [2.75, 3.05) is 0 Å². The van der Waals surface area contributed by atoms with Crippen molar-refractivity contribution in [1.82, 2.24) is 5.32 Å². The van der Waals surface area contributed by atoms with Crippen LogP contribution in [0.4, 0.5) is 4.79 Å². The van der Waals surface area contributed by atoms with Crippen LogP contribution in [0.1, 0.15) is 31.9 Å². The molecule has 0 saturated heterocycles. The molecule has 4 nitrogen and oxygen atoms in total. The Morgan fingerprint density at radius 1 is 0.862 bits per heavy atom. The van der Waals surface area contributed by atoms with Crippen molar-refractivity contribution in [2.45, 2.75) is 39.5 Å². The second kappa shape index (κ2) is 9.28. The molecule has 3 rings (SSSR count). The summed E-state index contributed by atoms with van der Waals surface area (Å²) in [6.07, 6.45) is -0.422. The highest BCUT2D eigenvalue weighted by Crippen LogP contribution is 2.31. The third-order valence-electron chi connectivity index (χ3n) is 4.20. The second-order valence-corrected chi connectivity index (χ2v) is 7.83. The molecule has 0 bridgehead atoms. The largest absolute Gasteiger partial charge is 0.488 e. The Labute approximate surface area is 172 Å². The van der Waals surface area contributed by atoms with Gasteiger partial charge in [-0.2, -0.15) is 0 Å². The number of carbonyl (C=O) groups excluding carboxylic acids is 1. The zero-order valence-corrected chi connectivity index (χ0v) is 17.1. The van der Waals surface area contributed by atoms with E-state index in [1.165, 1.54) is 0 Å². The Morgan fingerprint density at radius 3 is 2.31 bits per heavy atom. The summed E-state index contributed by atoms with van der Waals surface area (Å²) in [5.74, 6) is 0.827. The number of ether oxygens (including phenoxy) is 2. The number of nitrogens with one attached hydrogen (secondary N) is 1. The van der Waals surface area contributed by atoms with E-state index in [1.54, 1.807) is 0 Å². The number of carbonyl (C=O) groups is 1. The van der Waals surface area contributed by atoms with Gasteiger partial charge in [0.25, 0.3) is 0 Å². The van der Waals surface area contributed by atoms with Crippen LogP contribution in [0, 0.1) is 0 Å². The Morgan fingerprint density at radius 2 is 1.55 bits per heavy atom. The van der Waals surface area contributed by atoms with Gasteiger partial charge in [-0.05, 0) is 49.6 Å². The van der Waals surface area contributed by atoms with E-state index in [-0.39, 0.29) is 0 Å². The lowest BCUT2D eigenvalue weighted by Crippen LogP contribution is -2.32. The van der Waals surface area contributed by atoms with E-state index < -0.39 is 11.7 Å². The molecule has 0 aliphatic carbocycles. The van der Waals surface area contributed by atoms with Crippen LogP contribution in [-0.2, 0) is 17.9 Å². The van der Waals surface area contributed by atoms with Crippen LogP contribution in [0.5, 0.6) is 5.75 Å². The molecule has 3 aromatic carbocycles. The molecule has 0 unspecified atom stereocenters. The van der Waals surface area contributed by atoms with Crippen molar-refractivity contribution in [3.05, 3.63) is 90.0 Å². The topological polar surface area (TPSA) is 47.6 Å². The molecule has 0 spiro atoms. The monoisotopic (exact) mass is 389 g/mol. The molecule has 0 fully saturated rings. The van der Waals surface area contributed by atoms with Crippen LogP contribution >= 0.6 is 0 Å². The Hall–Kier alpha value is -3.27. The van der Waals surface area contributed by atoms with E-state index in [2.05, 4.69) is 11.4 Å². The molecule has 0 aliphatic heterocycles. The highest BCUT2D eigenvalue weighted by atomic mass is 16.6. The zero-order valence-electron chi connectivity index (χ0n) is 17.1. The molecule has 1 N–H and O–H groups in total. The zero-order chi connectivity index (χ0) is 20.7. The third kappa shape index (κ3) is 6.39. The lowest BCUT2D eigenvalue weighted by Gasteiger charge is -2.19. The first-order chi connectivity index (χ1) is 13.9. The molecule has 150 valence electrons. The number of para-hydroxylation sites is 1. The van der Waals surface area contributed by atoms with Gasteiger partial charge in [-0.15, -0.1) is 0 Å². The quantitative estimate of drug-likeness (QED) is 0.566. The first-order valence-corrected chi connectivity index (χ1v) is 9.73. The first-order valence-electron chi connectivity index (χ1n) is 9.73. The van der Waals surface area contributed by atoms with E-state index in [1.807, 2.05) is 93.6 Å². The minimum absolute atomic E-state index is 0.399. The summed E-state index contributed by atoms with van der Waals surface area (Å²) in [7, 11) is 0. The lowest BCUT2D eigenvalue weighted by molar-refractivity contribution is 0.0523. The van der Waals surface area contributed by atoms with Gasteiger partial charge in [0.15, 0.2) is 0 Å². The summed E-state index contributed by atoms with van der Waals surface area (Å²) in [6, 6.07) is 26.1. The molecule has 0 atom stereocenters. The Kier molecular flexibility index (Phi) is 6.55. The fraction of sp³-hybridized carbons (Fsp3) is 0.240. The van der Waals surface area contributed by atoms with Crippen molar-refractivity contribution < 1.29 is 14.3 Å². The van der Waals surface area contributed by atoms with E-state index in [0.29, 0.717) is 13.2 Å². The van der Waals surface area contributed by atoms with Crippen LogP contribution < -0.4 is 10.1 Å². The highest BCUT2D eigenvalue weighted by molar-refractivity contribution is 5.71. The number of hydrogen-bond donors (Lipinski definition) is 1. The number of hydrogen-bond acceptors (Lipinski definition) is 3. The normalized spacial score (nSPS) is 11.0.